The third-order valence-electron chi connectivity index (χ3n) is 4.19. The van der Waals surface area contributed by atoms with Crippen LogP contribution in [0.1, 0.15) is 65.2 Å². The average molecular weight is 363 g/mol. The van der Waals surface area contributed by atoms with Crippen molar-refractivity contribution in [1.29, 1.82) is 0 Å². The molecule has 2 N–H and O–H groups in total. The van der Waals surface area contributed by atoms with Crippen molar-refractivity contribution in [3.8, 4) is 0 Å². The van der Waals surface area contributed by atoms with Gasteiger partial charge >= 0.3 is 12.1 Å². The Morgan fingerprint density at radius 3 is 2.17 bits per heavy atom. The van der Waals surface area contributed by atoms with Crippen molar-refractivity contribution in [2.45, 2.75) is 82.6 Å². The van der Waals surface area contributed by atoms with Crippen molar-refractivity contribution >= 4 is 22.0 Å². The Morgan fingerprint density at radius 2 is 1.67 bits per heavy atom. The molecule has 0 heterocycles. The number of nitrogens with two attached hydrogens (primary N) is 1. The molecule has 8 heteroatoms. The van der Waals surface area contributed by atoms with Crippen LogP contribution >= 0.6 is 0 Å². The highest BCUT2D eigenvalue weighted by atomic mass is 32.2. The number of rotatable bonds is 9. The van der Waals surface area contributed by atoms with E-state index < -0.39 is 39.0 Å². The van der Waals surface area contributed by atoms with E-state index in [2.05, 4.69) is 4.74 Å². The number of sulfone groups is 1. The third kappa shape index (κ3) is 6.76. The van der Waals surface area contributed by atoms with Crippen LogP contribution in [0.25, 0.3) is 0 Å². The second kappa shape index (κ2) is 9.98. The summed E-state index contributed by atoms with van der Waals surface area (Å²) in [5.41, 5.74) is 5.63. The SMILES string of the molecule is CCCC(CCC)S(=O)(=O)C[C@H](N)C(=O)OC(=O)OC1CCCC1. The molecule has 24 heavy (non-hydrogen) atoms. The molecule has 1 aliphatic carbocycles. The molecule has 0 saturated heterocycles. The van der Waals surface area contributed by atoms with E-state index in [-0.39, 0.29) is 6.10 Å². The lowest BCUT2D eigenvalue weighted by Crippen LogP contribution is -2.42. The highest BCUT2D eigenvalue weighted by Crippen LogP contribution is 2.21. The van der Waals surface area contributed by atoms with Crippen LogP contribution in [-0.4, -0.2) is 43.7 Å². The van der Waals surface area contributed by atoms with Gasteiger partial charge in [0, 0.05) is 0 Å². The fourth-order valence-electron chi connectivity index (χ4n) is 2.93. The van der Waals surface area contributed by atoms with E-state index in [1.165, 1.54) is 0 Å². The molecule has 0 aromatic rings. The zero-order valence-electron chi connectivity index (χ0n) is 14.5. The molecule has 0 unspecified atom stereocenters. The number of hydrogen-bond acceptors (Lipinski definition) is 7. The van der Waals surface area contributed by atoms with Gasteiger partial charge in [0.15, 0.2) is 9.84 Å². The van der Waals surface area contributed by atoms with Crippen LogP contribution in [0.5, 0.6) is 0 Å². The third-order valence-corrected chi connectivity index (χ3v) is 6.50. The summed E-state index contributed by atoms with van der Waals surface area (Å²) in [6.45, 7) is 3.82. The molecular weight excluding hydrogens is 334 g/mol. The molecule has 0 aromatic heterocycles. The van der Waals surface area contributed by atoms with Gasteiger partial charge in [0.25, 0.3) is 0 Å². The van der Waals surface area contributed by atoms with E-state index in [4.69, 9.17) is 10.5 Å². The lowest BCUT2D eigenvalue weighted by molar-refractivity contribution is -0.141. The summed E-state index contributed by atoms with van der Waals surface area (Å²) in [4.78, 5) is 23.4. The molecule has 1 aliphatic rings. The van der Waals surface area contributed by atoms with Gasteiger partial charge in [-0.3, -0.25) is 0 Å². The van der Waals surface area contributed by atoms with Gasteiger partial charge in [0.2, 0.25) is 0 Å². The Bertz CT molecular complexity index is 507. The van der Waals surface area contributed by atoms with Gasteiger partial charge < -0.3 is 15.2 Å². The van der Waals surface area contributed by atoms with E-state index in [1.54, 1.807) is 0 Å². The molecule has 0 radical (unpaired) electrons. The van der Waals surface area contributed by atoms with Crippen molar-refractivity contribution in [3.05, 3.63) is 0 Å². The Balaban J connectivity index is 2.53. The van der Waals surface area contributed by atoms with Gasteiger partial charge in [-0.1, -0.05) is 26.7 Å². The van der Waals surface area contributed by atoms with Gasteiger partial charge in [-0.05, 0) is 38.5 Å². The van der Waals surface area contributed by atoms with E-state index >= 15 is 0 Å². The lowest BCUT2D eigenvalue weighted by atomic mass is 10.2. The minimum absolute atomic E-state index is 0.233. The number of carbonyl (C=O) groups excluding carboxylic acids is 2. The van der Waals surface area contributed by atoms with Crippen LogP contribution in [0.3, 0.4) is 0 Å². The topological polar surface area (TPSA) is 113 Å². The maximum atomic E-state index is 12.4. The van der Waals surface area contributed by atoms with Gasteiger partial charge in [0.05, 0.1) is 11.0 Å². The zero-order chi connectivity index (χ0) is 18.2. The average Bonchev–Trinajstić information content (AvgIpc) is 2.99. The van der Waals surface area contributed by atoms with Crippen LogP contribution in [0.4, 0.5) is 4.79 Å². The Hall–Kier alpha value is -1.15. The van der Waals surface area contributed by atoms with E-state index in [0.717, 1.165) is 38.5 Å². The summed E-state index contributed by atoms with van der Waals surface area (Å²) < 4.78 is 34.3. The Kier molecular flexibility index (Phi) is 8.69. The number of esters is 1. The summed E-state index contributed by atoms with van der Waals surface area (Å²) in [6, 6.07) is -1.39. The summed E-state index contributed by atoms with van der Waals surface area (Å²) in [7, 11) is -3.53. The molecule has 140 valence electrons. The molecule has 0 amide bonds. The van der Waals surface area contributed by atoms with Gasteiger partial charge in [0.1, 0.15) is 12.1 Å². The fourth-order valence-corrected chi connectivity index (χ4v) is 5.02. The maximum Gasteiger partial charge on any atom is 0.516 e. The molecular formula is C16H29NO6S. The van der Waals surface area contributed by atoms with Crippen molar-refractivity contribution in [3.63, 3.8) is 0 Å². The van der Waals surface area contributed by atoms with Crippen LogP contribution in [0.2, 0.25) is 0 Å². The number of carbonyl (C=O) groups is 2. The largest absolute Gasteiger partial charge is 0.516 e. The molecule has 0 aliphatic heterocycles. The van der Waals surface area contributed by atoms with E-state index in [1.807, 2.05) is 13.8 Å². The first-order valence-corrected chi connectivity index (χ1v) is 10.4. The molecule has 1 fully saturated rings. The standard InChI is InChI=1S/C16H29NO6S/c1-3-7-13(8-4-2)24(20,21)11-14(17)15(18)23-16(19)22-12-9-5-6-10-12/h12-14H,3-11,17H2,1-2H3/t14-/m0/s1. The fraction of sp³-hybridized carbons (Fsp3) is 0.875. The summed E-state index contributed by atoms with van der Waals surface area (Å²) in [5, 5.41) is -0.517. The van der Waals surface area contributed by atoms with Crippen molar-refractivity contribution in [2.24, 2.45) is 5.73 Å². The summed E-state index contributed by atoms with van der Waals surface area (Å²) >= 11 is 0. The van der Waals surface area contributed by atoms with Gasteiger partial charge in [-0.15, -0.1) is 0 Å². The quantitative estimate of drug-likeness (QED) is 0.494. The van der Waals surface area contributed by atoms with E-state index in [0.29, 0.717) is 12.8 Å². The first-order valence-electron chi connectivity index (χ1n) is 8.69. The highest BCUT2D eigenvalue weighted by molar-refractivity contribution is 7.92. The molecule has 1 atom stereocenters. The first-order chi connectivity index (χ1) is 11.3. The second-order valence-electron chi connectivity index (χ2n) is 6.33. The predicted molar refractivity (Wildman–Crippen MR) is 90.2 cm³/mol. The van der Waals surface area contributed by atoms with Crippen LogP contribution in [0, 0.1) is 0 Å². The zero-order valence-corrected chi connectivity index (χ0v) is 15.3. The number of hydrogen-bond donors (Lipinski definition) is 1. The monoisotopic (exact) mass is 363 g/mol. The highest BCUT2D eigenvalue weighted by Gasteiger charge is 2.31. The molecule has 7 nitrogen and oxygen atoms in total. The molecule has 1 saturated carbocycles. The van der Waals surface area contributed by atoms with Gasteiger partial charge in [-0.2, -0.15) is 0 Å². The van der Waals surface area contributed by atoms with Crippen LogP contribution in [0.15, 0.2) is 0 Å². The van der Waals surface area contributed by atoms with Crippen molar-refractivity contribution in [1.82, 2.24) is 0 Å². The molecule has 0 bridgehead atoms. The Morgan fingerprint density at radius 1 is 1.12 bits per heavy atom. The minimum atomic E-state index is -3.53. The predicted octanol–water partition coefficient (Wildman–Crippen LogP) is 2.32. The maximum absolute atomic E-state index is 12.4. The lowest BCUT2D eigenvalue weighted by Gasteiger charge is -2.18. The second-order valence-corrected chi connectivity index (χ2v) is 8.66. The van der Waals surface area contributed by atoms with Crippen molar-refractivity contribution in [2.75, 3.05) is 5.75 Å². The normalized spacial score (nSPS) is 17.0. The summed E-state index contributed by atoms with van der Waals surface area (Å²) in [5.74, 6) is -1.58. The van der Waals surface area contributed by atoms with E-state index in [9.17, 15) is 18.0 Å². The Labute approximate surface area is 144 Å². The van der Waals surface area contributed by atoms with Crippen molar-refractivity contribution < 1.29 is 27.5 Å². The molecule has 0 aromatic carbocycles. The first kappa shape index (κ1) is 20.9. The minimum Gasteiger partial charge on any atom is -0.431 e. The number of ether oxygens (including phenoxy) is 2. The molecule has 0 spiro atoms. The smallest absolute Gasteiger partial charge is 0.431 e. The van der Waals surface area contributed by atoms with Crippen LogP contribution in [-0.2, 0) is 24.1 Å². The van der Waals surface area contributed by atoms with Crippen LogP contribution < -0.4 is 5.73 Å². The van der Waals surface area contributed by atoms with Gasteiger partial charge in [-0.25, -0.2) is 18.0 Å². The summed E-state index contributed by atoms with van der Waals surface area (Å²) in [6.07, 6.45) is 4.64. The molecule has 1 rings (SSSR count).